The summed E-state index contributed by atoms with van der Waals surface area (Å²) in [5.41, 5.74) is 2.57. The lowest BCUT2D eigenvalue weighted by Crippen LogP contribution is -2.40. The first kappa shape index (κ1) is 14.0. The highest BCUT2D eigenvalue weighted by Gasteiger charge is 2.27. The average molecular weight is 309 g/mol. The van der Waals surface area contributed by atoms with E-state index >= 15 is 0 Å². The lowest BCUT2D eigenvalue weighted by Gasteiger charge is -2.32. The number of aromatic nitrogens is 4. The Morgan fingerprint density at radius 3 is 3.04 bits per heavy atom. The van der Waals surface area contributed by atoms with Crippen LogP contribution in [0.15, 0.2) is 36.5 Å². The average Bonchev–Trinajstić information content (AvgIpc) is 3.24. The summed E-state index contributed by atoms with van der Waals surface area (Å²) in [6, 6.07) is 9.76. The van der Waals surface area contributed by atoms with Crippen molar-refractivity contribution in [2.24, 2.45) is 5.92 Å². The van der Waals surface area contributed by atoms with Gasteiger partial charge in [0.25, 0.3) is 5.91 Å². The van der Waals surface area contributed by atoms with Crippen LogP contribution < -0.4 is 0 Å². The standard InChI is InChI=1S/C17H19N5O/c23-17(16-14-5-1-2-6-15(14)20-21-16)22-9-3-4-12(11-22)10-13-7-8-18-19-13/h1-2,5-8,12H,3-4,9-11H2,(H,18,19)(H,20,21)/t12-/m1/s1. The summed E-state index contributed by atoms with van der Waals surface area (Å²) in [6.45, 7) is 1.58. The Morgan fingerprint density at radius 2 is 2.17 bits per heavy atom. The zero-order chi connectivity index (χ0) is 15.6. The third-order valence-electron chi connectivity index (χ3n) is 4.55. The molecule has 3 aromatic rings. The van der Waals surface area contributed by atoms with Crippen molar-refractivity contribution in [2.75, 3.05) is 13.1 Å². The van der Waals surface area contributed by atoms with Crippen molar-refractivity contribution in [3.63, 3.8) is 0 Å². The van der Waals surface area contributed by atoms with Gasteiger partial charge in [0.05, 0.1) is 5.52 Å². The fourth-order valence-corrected chi connectivity index (χ4v) is 3.40. The normalized spacial score (nSPS) is 18.4. The molecule has 0 bridgehead atoms. The highest BCUT2D eigenvalue weighted by Crippen LogP contribution is 2.23. The fraction of sp³-hybridized carbons (Fsp3) is 0.353. The van der Waals surface area contributed by atoms with E-state index < -0.39 is 0 Å². The van der Waals surface area contributed by atoms with Crippen LogP contribution in [-0.2, 0) is 6.42 Å². The number of hydrogen-bond donors (Lipinski definition) is 2. The maximum absolute atomic E-state index is 12.8. The van der Waals surface area contributed by atoms with E-state index in [2.05, 4.69) is 20.4 Å². The zero-order valence-corrected chi connectivity index (χ0v) is 12.8. The van der Waals surface area contributed by atoms with Gasteiger partial charge < -0.3 is 4.90 Å². The predicted molar refractivity (Wildman–Crippen MR) is 87.0 cm³/mol. The highest BCUT2D eigenvalue weighted by molar-refractivity contribution is 6.04. The first-order chi connectivity index (χ1) is 11.3. The number of benzene rings is 1. The first-order valence-electron chi connectivity index (χ1n) is 8.02. The number of carbonyl (C=O) groups is 1. The molecule has 23 heavy (non-hydrogen) atoms. The maximum atomic E-state index is 12.8. The van der Waals surface area contributed by atoms with Gasteiger partial charge in [-0.3, -0.25) is 15.0 Å². The molecule has 1 aliphatic heterocycles. The molecule has 1 aromatic carbocycles. The van der Waals surface area contributed by atoms with Gasteiger partial charge in [0, 0.05) is 30.4 Å². The molecular formula is C17H19N5O. The molecule has 6 heteroatoms. The number of rotatable bonds is 3. The quantitative estimate of drug-likeness (QED) is 0.780. The van der Waals surface area contributed by atoms with E-state index in [1.807, 2.05) is 35.2 Å². The minimum Gasteiger partial charge on any atom is -0.337 e. The Balaban J connectivity index is 1.51. The molecule has 0 radical (unpaired) electrons. The Morgan fingerprint density at radius 1 is 1.26 bits per heavy atom. The summed E-state index contributed by atoms with van der Waals surface area (Å²) in [5.74, 6) is 0.495. The smallest absolute Gasteiger partial charge is 0.275 e. The van der Waals surface area contributed by atoms with Crippen LogP contribution in [0, 0.1) is 5.92 Å². The van der Waals surface area contributed by atoms with Gasteiger partial charge in [-0.1, -0.05) is 18.2 Å². The molecule has 0 aliphatic carbocycles. The zero-order valence-electron chi connectivity index (χ0n) is 12.8. The van der Waals surface area contributed by atoms with Crippen LogP contribution in [0.2, 0.25) is 0 Å². The summed E-state index contributed by atoms with van der Waals surface area (Å²) >= 11 is 0. The Labute approximate surface area is 133 Å². The third-order valence-corrected chi connectivity index (χ3v) is 4.55. The van der Waals surface area contributed by atoms with Crippen molar-refractivity contribution < 1.29 is 4.79 Å². The lowest BCUT2D eigenvalue weighted by molar-refractivity contribution is 0.0668. The summed E-state index contributed by atoms with van der Waals surface area (Å²) in [7, 11) is 0. The van der Waals surface area contributed by atoms with Crippen LogP contribution in [0.5, 0.6) is 0 Å². The molecule has 2 aromatic heterocycles. The van der Waals surface area contributed by atoms with E-state index in [4.69, 9.17) is 0 Å². The van der Waals surface area contributed by atoms with Gasteiger partial charge in [-0.2, -0.15) is 10.2 Å². The van der Waals surface area contributed by atoms with E-state index in [-0.39, 0.29) is 5.91 Å². The molecular weight excluding hydrogens is 290 g/mol. The van der Waals surface area contributed by atoms with Crippen LogP contribution in [0.1, 0.15) is 29.0 Å². The van der Waals surface area contributed by atoms with Crippen LogP contribution in [0.25, 0.3) is 10.9 Å². The molecule has 1 saturated heterocycles. The molecule has 1 amide bonds. The second kappa shape index (κ2) is 5.87. The molecule has 1 fully saturated rings. The molecule has 0 saturated carbocycles. The van der Waals surface area contributed by atoms with Gasteiger partial charge in [-0.05, 0) is 37.3 Å². The van der Waals surface area contributed by atoms with Gasteiger partial charge in [0.2, 0.25) is 0 Å². The minimum atomic E-state index is 0.0248. The molecule has 2 N–H and O–H groups in total. The number of carbonyl (C=O) groups excluding carboxylic acids is 1. The molecule has 6 nitrogen and oxygen atoms in total. The van der Waals surface area contributed by atoms with E-state index in [9.17, 15) is 4.79 Å². The van der Waals surface area contributed by atoms with Crippen molar-refractivity contribution in [1.82, 2.24) is 25.3 Å². The van der Waals surface area contributed by atoms with E-state index in [1.165, 1.54) is 0 Å². The molecule has 1 aliphatic rings. The summed E-state index contributed by atoms with van der Waals surface area (Å²) in [6.07, 6.45) is 4.89. The number of para-hydroxylation sites is 1. The SMILES string of the molecule is O=C(c1n[nH]c2ccccc12)N1CCC[C@H](Cc2ccn[nH]2)C1. The van der Waals surface area contributed by atoms with E-state index in [0.717, 1.165) is 48.9 Å². The second-order valence-corrected chi connectivity index (χ2v) is 6.16. The van der Waals surface area contributed by atoms with E-state index in [1.54, 1.807) is 6.20 Å². The predicted octanol–water partition coefficient (Wildman–Crippen LogP) is 2.38. The van der Waals surface area contributed by atoms with Crippen molar-refractivity contribution in [3.8, 4) is 0 Å². The fourth-order valence-electron chi connectivity index (χ4n) is 3.40. The number of fused-ring (bicyclic) bond motifs is 1. The lowest BCUT2D eigenvalue weighted by atomic mass is 9.93. The Kier molecular flexibility index (Phi) is 3.57. The van der Waals surface area contributed by atoms with Gasteiger partial charge in [0.1, 0.15) is 0 Å². The van der Waals surface area contributed by atoms with Gasteiger partial charge in [-0.25, -0.2) is 0 Å². The number of likely N-dealkylation sites (tertiary alicyclic amines) is 1. The Bertz CT molecular complexity index is 807. The summed E-state index contributed by atoms with van der Waals surface area (Å²) < 4.78 is 0. The molecule has 0 unspecified atom stereocenters. The first-order valence-corrected chi connectivity index (χ1v) is 8.02. The number of piperidine rings is 1. The van der Waals surface area contributed by atoms with Crippen molar-refractivity contribution in [3.05, 3.63) is 47.9 Å². The third kappa shape index (κ3) is 2.72. The van der Waals surface area contributed by atoms with Crippen LogP contribution in [-0.4, -0.2) is 44.3 Å². The number of nitrogens with zero attached hydrogens (tertiary/aromatic N) is 3. The molecule has 0 spiro atoms. The summed E-state index contributed by atoms with van der Waals surface area (Å²) in [4.78, 5) is 14.8. The second-order valence-electron chi connectivity index (χ2n) is 6.16. The molecule has 1 atom stereocenters. The maximum Gasteiger partial charge on any atom is 0.275 e. The van der Waals surface area contributed by atoms with Crippen molar-refractivity contribution >= 4 is 16.8 Å². The van der Waals surface area contributed by atoms with Gasteiger partial charge in [0.15, 0.2) is 5.69 Å². The van der Waals surface area contributed by atoms with Gasteiger partial charge >= 0.3 is 0 Å². The molecule has 3 heterocycles. The number of amides is 1. The van der Waals surface area contributed by atoms with E-state index in [0.29, 0.717) is 11.6 Å². The summed E-state index contributed by atoms with van der Waals surface area (Å²) in [5, 5.41) is 15.1. The van der Waals surface area contributed by atoms with Crippen LogP contribution >= 0.6 is 0 Å². The van der Waals surface area contributed by atoms with Crippen LogP contribution in [0.4, 0.5) is 0 Å². The number of aromatic amines is 2. The highest BCUT2D eigenvalue weighted by atomic mass is 16.2. The number of H-pyrrole nitrogens is 2. The Hall–Kier alpha value is -2.63. The van der Waals surface area contributed by atoms with Crippen LogP contribution in [0.3, 0.4) is 0 Å². The minimum absolute atomic E-state index is 0.0248. The largest absolute Gasteiger partial charge is 0.337 e. The number of nitrogens with one attached hydrogen (secondary N) is 2. The topological polar surface area (TPSA) is 77.7 Å². The monoisotopic (exact) mass is 309 g/mol. The molecule has 118 valence electrons. The van der Waals surface area contributed by atoms with Gasteiger partial charge in [-0.15, -0.1) is 0 Å². The molecule has 4 rings (SSSR count). The van der Waals surface area contributed by atoms with Crippen molar-refractivity contribution in [1.29, 1.82) is 0 Å². The van der Waals surface area contributed by atoms with Crippen molar-refractivity contribution in [2.45, 2.75) is 19.3 Å². The number of hydrogen-bond acceptors (Lipinski definition) is 3.